The Hall–Kier alpha value is -1.91. The lowest BCUT2D eigenvalue weighted by atomic mass is 9.90. The molecule has 0 bridgehead atoms. The summed E-state index contributed by atoms with van der Waals surface area (Å²) in [6.07, 6.45) is 0.492. The number of aliphatic carboxylic acids is 1. The van der Waals surface area contributed by atoms with E-state index in [0.717, 1.165) is 5.69 Å². The Morgan fingerprint density at radius 3 is 2.58 bits per heavy atom. The second kappa shape index (κ2) is 4.64. The Kier molecular flexibility index (Phi) is 3.30. The summed E-state index contributed by atoms with van der Waals surface area (Å²) < 4.78 is 0. The van der Waals surface area contributed by atoms with Gasteiger partial charge in [0.25, 0.3) is 5.91 Å². The topological polar surface area (TPSA) is 70.5 Å². The molecule has 1 aromatic heterocycles. The lowest BCUT2D eigenvalue weighted by Gasteiger charge is -2.20. The molecular formula is C14H18N2O3. The molecule has 2 rings (SSSR count). The second-order valence-corrected chi connectivity index (χ2v) is 5.43. The normalized spacial score (nSPS) is 22.6. The maximum absolute atomic E-state index is 12.4. The first kappa shape index (κ1) is 13.5. The molecule has 102 valence electrons. The summed E-state index contributed by atoms with van der Waals surface area (Å²) in [6, 6.07) is 3.56. The molecule has 1 fully saturated rings. The van der Waals surface area contributed by atoms with Crippen molar-refractivity contribution in [2.24, 2.45) is 5.41 Å². The number of aromatic nitrogens is 1. The molecule has 1 aromatic rings. The zero-order valence-corrected chi connectivity index (χ0v) is 11.4. The van der Waals surface area contributed by atoms with E-state index in [1.165, 1.54) is 0 Å². The number of aryl methyl sites for hydroxylation is 2. The summed E-state index contributed by atoms with van der Waals surface area (Å²) in [5.41, 5.74) is 1.28. The molecule has 0 aliphatic carbocycles. The van der Waals surface area contributed by atoms with Crippen LogP contribution in [0.15, 0.2) is 12.1 Å². The molecule has 1 amide bonds. The van der Waals surface area contributed by atoms with Gasteiger partial charge in [0, 0.05) is 18.8 Å². The van der Waals surface area contributed by atoms with Gasteiger partial charge in [0.2, 0.25) is 0 Å². The van der Waals surface area contributed by atoms with E-state index in [1.807, 2.05) is 6.92 Å². The number of rotatable bonds is 2. The second-order valence-electron chi connectivity index (χ2n) is 5.43. The van der Waals surface area contributed by atoms with Crippen LogP contribution < -0.4 is 0 Å². The third kappa shape index (κ3) is 2.45. The molecule has 0 radical (unpaired) electrons. The molecule has 1 unspecified atom stereocenters. The summed E-state index contributed by atoms with van der Waals surface area (Å²) in [5.74, 6) is -0.975. The zero-order chi connectivity index (χ0) is 14.2. The molecule has 0 spiro atoms. The molecule has 1 N–H and O–H groups in total. The first-order valence-corrected chi connectivity index (χ1v) is 6.30. The standard InChI is InChI=1S/C14H18N2O3/c1-9-4-5-11(10(2)15-9)12(17)16-7-6-14(3,8-16)13(18)19/h4-5H,6-8H2,1-3H3,(H,18,19). The highest BCUT2D eigenvalue weighted by molar-refractivity contribution is 5.96. The van der Waals surface area contributed by atoms with Crippen molar-refractivity contribution in [3.8, 4) is 0 Å². The number of pyridine rings is 1. The van der Waals surface area contributed by atoms with Crippen molar-refractivity contribution >= 4 is 11.9 Å². The largest absolute Gasteiger partial charge is 0.481 e. The molecule has 5 nitrogen and oxygen atoms in total. The van der Waals surface area contributed by atoms with Gasteiger partial charge in [-0.1, -0.05) is 0 Å². The van der Waals surface area contributed by atoms with Gasteiger partial charge in [0.05, 0.1) is 16.7 Å². The van der Waals surface area contributed by atoms with E-state index in [0.29, 0.717) is 24.2 Å². The Morgan fingerprint density at radius 2 is 2.05 bits per heavy atom. The lowest BCUT2D eigenvalue weighted by Crippen LogP contribution is -2.35. The molecule has 0 aromatic carbocycles. The van der Waals surface area contributed by atoms with E-state index >= 15 is 0 Å². The number of hydrogen-bond acceptors (Lipinski definition) is 3. The monoisotopic (exact) mass is 262 g/mol. The number of carbonyl (C=O) groups is 2. The average molecular weight is 262 g/mol. The minimum absolute atomic E-state index is 0.130. The molecule has 1 saturated heterocycles. The summed E-state index contributed by atoms with van der Waals surface area (Å²) in [5, 5.41) is 9.18. The predicted octanol–water partition coefficient (Wildman–Crippen LogP) is 1.64. The van der Waals surface area contributed by atoms with Gasteiger partial charge in [-0.15, -0.1) is 0 Å². The molecule has 0 saturated carbocycles. The third-order valence-corrected chi connectivity index (χ3v) is 3.73. The smallest absolute Gasteiger partial charge is 0.311 e. The van der Waals surface area contributed by atoms with Crippen LogP contribution in [-0.4, -0.2) is 40.0 Å². The number of hydrogen-bond donors (Lipinski definition) is 1. The van der Waals surface area contributed by atoms with E-state index < -0.39 is 11.4 Å². The number of carbonyl (C=O) groups excluding carboxylic acids is 1. The van der Waals surface area contributed by atoms with Gasteiger partial charge >= 0.3 is 5.97 Å². The molecule has 19 heavy (non-hydrogen) atoms. The van der Waals surface area contributed by atoms with Crippen molar-refractivity contribution < 1.29 is 14.7 Å². The fraction of sp³-hybridized carbons (Fsp3) is 0.500. The lowest BCUT2D eigenvalue weighted by molar-refractivity contribution is -0.147. The van der Waals surface area contributed by atoms with E-state index in [9.17, 15) is 14.7 Å². The summed E-state index contributed by atoms with van der Waals surface area (Å²) in [6.45, 7) is 6.09. The van der Waals surface area contributed by atoms with E-state index in [1.54, 1.807) is 30.9 Å². The van der Waals surface area contributed by atoms with Crippen LogP contribution in [0.2, 0.25) is 0 Å². The van der Waals surface area contributed by atoms with Crippen molar-refractivity contribution in [1.82, 2.24) is 9.88 Å². The Labute approximate surface area is 112 Å². The summed E-state index contributed by atoms with van der Waals surface area (Å²) in [4.78, 5) is 29.5. The van der Waals surface area contributed by atoms with Gasteiger partial charge in [0.15, 0.2) is 0 Å². The van der Waals surface area contributed by atoms with Crippen molar-refractivity contribution in [1.29, 1.82) is 0 Å². The fourth-order valence-electron chi connectivity index (χ4n) is 2.39. The average Bonchev–Trinajstić information content (AvgIpc) is 2.73. The molecule has 5 heteroatoms. The molecule has 2 heterocycles. The molecule has 1 atom stereocenters. The Bertz CT molecular complexity index is 541. The maximum atomic E-state index is 12.4. The minimum atomic E-state index is -0.846. The highest BCUT2D eigenvalue weighted by Crippen LogP contribution is 2.31. The molecule has 1 aliphatic rings. The SMILES string of the molecule is Cc1ccc(C(=O)N2CCC(C)(C(=O)O)C2)c(C)n1. The van der Waals surface area contributed by atoms with Gasteiger partial charge in [-0.05, 0) is 39.3 Å². The first-order valence-electron chi connectivity index (χ1n) is 6.30. The number of nitrogens with zero attached hydrogens (tertiary/aromatic N) is 2. The van der Waals surface area contributed by atoms with Crippen LogP contribution in [-0.2, 0) is 4.79 Å². The zero-order valence-electron chi connectivity index (χ0n) is 11.4. The van der Waals surface area contributed by atoms with E-state index in [4.69, 9.17) is 0 Å². The van der Waals surface area contributed by atoms with Gasteiger partial charge in [-0.25, -0.2) is 0 Å². The number of carboxylic acids is 1. The number of amides is 1. The highest BCUT2D eigenvalue weighted by atomic mass is 16.4. The fourth-order valence-corrected chi connectivity index (χ4v) is 2.39. The van der Waals surface area contributed by atoms with Crippen molar-refractivity contribution in [3.63, 3.8) is 0 Å². The highest BCUT2D eigenvalue weighted by Gasteiger charge is 2.42. The van der Waals surface area contributed by atoms with Crippen LogP contribution in [0.5, 0.6) is 0 Å². The summed E-state index contributed by atoms with van der Waals surface area (Å²) in [7, 11) is 0. The van der Waals surface area contributed by atoms with Gasteiger partial charge in [-0.3, -0.25) is 14.6 Å². The van der Waals surface area contributed by atoms with Crippen molar-refractivity contribution in [2.45, 2.75) is 27.2 Å². The van der Waals surface area contributed by atoms with Crippen LogP contribution in [0.1, 0.15) is 35.1 Å². The van der Waals surface area contributed by atoms with Gasteiger partial charge < -0.3 is 10.0 Å². The summed E-state index contributed by atoms with van der Waals surface area (Å²) >= 11 is 0. The Balaban J connectivity index is 2.20. The number of likely N-dealkylation sites (tertiary alicyclic amines) is 1. The molecular weight excluding hydrogens is 244 g/mol. The maximum Gasteiger partial charge on any atom is 0.311 e. The van der Waals surface area contributed by atoms with E-state index in [2.05, 4.69) is 4.98 Å². The van der Waals surface area contributed by atoms with Crippen LogP contribution in [0.3, 0.4) is 0 Å². The quantitative estimate of drug-likeness (QED) is 0.879. The van der Waals surface area contributed by atoms with E-state index in [-0.39, 0.29) is 12.5 Å². The Morgan fingerprint density at radius 1 is 1.37 bits per heavy atom. The van der Waals surface area contributed by atoms with Crippen LogP contribution >= 0.6 is 0 Å². The van der Waals surface area contributed by atoms with Crippen LogP contribution in [0.25, 0.3) is 0 Å². The van der Waals surface area contributed by atoms with Gasteiger partial charge in [0.1, 0.15) is 0 Å². The van der Waals surface area contributed by atoms with Crippen molar-refractivity contribution in [3.05, 3.63) is 29.1 Å². The van der Waals surface area contributed by atoms with Crippen LogP contribution in [0, 0.1) is 19.3 Å². The first-order chi connectivity index (χ1) is 8.83. The minimum Gasteiger partial charge on any atom is -0.481 e. The van der Waals surface area contributed by atoms with Gasteiger partial charge in [-0.2, -0.15) is 0 Å². The predicted molar refractivity (Wildman–Crippen MR) is 70.0 cm³/mol. The third-order valence-electron chi connectivity index (χ3n) is 3.73. The van der Waals surface area contributed by atoms with Crippen LogP contribution in [0.4, 0.5) is 0 Å². The molecule has 1 aliphatic heterocycles. The number of carboxylic acid groups (broad SMARTS) is 1. The van der Waals surface area contributed by atoms with Crippen molar-refractivity contribution in [2.75, 3.05) is 13.1 Å².